The summed E-state index contributed by atoms with van der Waals surface area (Å²) in [5, 5.41) is 4.52. The van der Waals surface area contributed by atoms with Crippen molar-refractivity contribution in [3.63, 3.8) is 0 Å². The molecule has 3 heteroatoms. The van der Waals surface area contributed by atoms with Crippen LogP contribution in [0.25, 0.3) is 0 Å². The van der Waals surface area contributed by atoms with Gasteiger partial charge in [0.2, 0.25) is 0 Å². The zero-order chi connectivity index (χ0) is 11.6. The second-order valence-corrected chi connectivity index (χ2v) is 5.14. The van der Waals surface area contributed by atoms with Crippen molar-refractivity contribution in [1.82, 2.24) is 9.78 Å². The quantitative estimate of drug-likeness (QED) is 0.826. The van der Waals surface area contributed by atoms with Gasteiger partial charge in [-0.1, -0.05) is 13.8 Å². The normalized spacial score (nSPS) is 12.1. The van der Waals surface area contributed by atoms with E-state index in [4.69, 9.17) is 5.73 Å². The summed E-state index contributed by atoms with van der Waals surface area (Å²) in [6.07, 6.45) is 1.07. The van der Waals surface area contributed by atoms with Gasteiger partial charge in [-0.15, -0.1) is 0 Å². The molecule has 15 heavy (non-hydrogen) atoms. The van der Waals surface area contributed by atoms with E-state index < -0.39 is 0 Å². The third-order valence-corrected chi connectivity index (χ3v) is 3.30. The van der Waals surface area contributed by atoms with Crippen molar-refractivity contribution in [3.05, 3.63) is 17.0 Å². The lowest BCUT2D eigenvalue weighted by Crippen LogP contribution is -2.25. The van der Waals surface area contributed by atoms with Crippen LogP contribution < -0.4 is 5.73 Å². The lowest BCUT2D eigenvalue weighted by molar-refractivity contribution is 0.315. The second-order valence-electron chi connectivity index (χ2n) is 5.14. The zero-order valence-electron chi connectivity index (χ0n) is 10.6. The fourth-order valence-corrected chi connectivity index (χ4v) is 1.51. The molecule has 1 aromatic heterocycles. The standard InChI is InChI=1S/C12H23N3/c1-9-10(2)14-15(11(9)3)7-6-12(4,5)8-13/h6-8,13H2,1-5H3. The molecular weight excluding hydrogens is 186 g/mol. The number of hydrogen-bond acceptors (Lipinski definition) is 2. The van der Waals surface area contributed by atoms with E-state index in [1.54, 1.807) is 0 Å². The van der Waals surface area contributed by atoms with Crippen molar-refractivity contribution < 1.29 is 0 Å². The van der Waals surface area contributed by atoms with E-state index in [1.165, 1.54) is 11.3 Å². The van der Waals surface area contributed by atoms with E-state index in [2.05, 4.69) is 44.4 Å². The fraction of sp³-hybridized carbons (Fsp3) is 0.750. The predicted molar refractivity (Wildman–Crippen MR) is 63.9 cm³/mol. The minimum absolute atomic E-state index is 0.209. The molecule has 1 aromatic rings. The third-order valence-electron chi connectivity index (χ3n) is 3.30. The van der Waals surface area contributed by atoms with Crippen LogP contribution in [0.1, 0.15) is 37.2 Å². The molecule has 0 radical (unpaired) electrons. The van der Waals surface area contributed by atoms with Gasteiger partial charge in [-0.25, -0.2) is 0 Å². The molecule has 0 amide bonds. The smallest absolute Gasteiger partial charge is 0.0625 e. The van der Waals surface area contributed by atoms with Crippen LogP contribution in [0.2, 0.25) is 0 Å². The van der Waals surface area contributed by atoms with Gasteiger partial charge in [0.05, 0.1) is 5.69 Å². The predicted octanol–water partition coefficient (Wildman–Crippen LogP) is 2.18. The van der Waals surface area contributed by atoms with Crippen molar-refractivity contribution in [2.75, 3.05) is 6.54 Å². The van der Waals surface area contributed by atoms with Crippen molar-refractivity contribution in [2.45, 2.75) is 47.6 Å². The first kappa shape index (κ1) is 12.2. The summed E-state index contributed by atoms with van der Waals surface area (Å²) >= 11 is 0. The minimum Gasteiger partial charge on any atom is -0.330 e. The lowest BCUT2D eigenvalue weighted by Gasteiger charge is -2.22. The molecule has 0 fully saturated rings. The summed E-state index contributed by atoms with van der Waals surface area (Å²) in [6, 6.07) is 0. The van der Waals surface area contributed by atoms with Gasteiger partial charge in [0.1, 0.15) is 0 Å². The van der Waals surface area contributed by atoms with Gasteiger partial charge < -0.3 is 5.73 Å². The highest BCUT2D eigenvalue weighted by Crippen LogP contribution is 2.20. The van der Waals surface area contributed by atoms with Gasteiger partial charge in [-0.3, -0.25) is 4.68 Å². The van der Waals surface area contributed by atoms with Gasteiger partial charge in [0.25, 0.3) is 0 Å². The van der Waals surface area contributed by atoms with E-state index in [1.807, 2.05) is 0 Å². The number of nitrogens with two attached hydrogens (primary N) is 1. The monoisotopic (exact) mass is 209 g/mol. The van der Waals surface area contributed by atoms with Gasteiger partial charge in [-0.05, 0) is 44.7 Å². The van der Waals surface area contributed by atoms with Crippen LogP contribution in [-0.4, -0.2) is 16.3 Å². The van der Waals surface area contributed by atoms with Crippen molar-refractivity contribution in [3.8, 4) is 0 Å². The first-order valence-electron chi connectivity index (χ1n) is 5.58. The Bertz CT molecular complexity index is 337. The van der Waals surface area contributed by atoms with Crippen LogP contribution in [0.5, 0.6) is 0 Å². The summed E-state index contributed by atoms with van der Waals surface area (Å²) in [7, 11) is 0. The maximum Gasteiger partial charge on any atom is 0.0625 e. The summed E-state index contributed by atoms with van der Waals surface area (Å²) < 4.78 is 2.10. The van der Waals surface area contributed by atoms with E-state index >= 15 is 0 Å². The Kier molecular flexibility index (Phi) is 3.55. The molecule has 0 saturated carbocycles. The van der Waals surface area contributed by atoms with Gasteiger partial charge in [0, 0.05) is 12.2 Å². The molecule has 2 N–H and O–H groups in total. The molecule has 0 atom stereocenters. The Balaban J connectivity index is 2.70. The average Bonchev–Trinajstić information content (AvgIpc) is 2.43. The van der Waals surface area contributed by atoms with Crippen LogP contribution in [0.3, 0.4) is 0 Å². The summed E-state index contributed by atoms with van der Waals surface area (Å²) in [6.45, 7) is 12.4. The van der Waals surface area contributed by atoms with E-state index in [0.717, 1.165) is 25.2 Å². The molecule has 0 bridgehead atoms. The number of hydrogen-bond donors (Lipinski definition) is 1. The lowest BCUT2D eigenvalue weighted by atomic mass is 9.90. The molecule has 1 rings (SSSR count). The molecule has 0 aliphatic carbocycles. The average molecular weight is 209 g/mol. The molecule has 0 aromatic carbocycles. The van der Waals surface area contributed by atoms with Crippen molar-refractivity contribution in [2.24, 2.45) is 11.1 Å². The molecule has 86 valence electrons. The maximum absolute atomic E-state index is 5.71. The zero-order valence-corrected chi connectivity index (χ0v) is 10.6. The number of rotatable bonds is 4. The fourth-order valence-electron chi connectivity index (χ4n) is 1.51. The molecule has 0 unspecified atom stereocenters. The highest BCUT2D eigenvalue weighted by atomic mass is 15.3. The molecule has 0 aliphatic rings. The van der Waals surface area contributed by atoms with Crippen LogP contribution in [0, 0.1) is 26.2 Å². The SMILES string of the molecule is Cc1nn(CCC(C)(C)CN)c(C)c1C. The summed E-state index contributed by atoms with van der Waals surface area (Å²) in [5.41, 5.74) is 9.64. The summed E-state index contributed by atoms with van der Waals surface area (Å²) in [4.78, 5) is 0. The van der Waals surface area contributed by atoms with Crippen LogP contribution >= 0.6 is 0 Å². The largest absolute Gasteiger partial charge is 0.330 e. The van der Waals surface area contributed by atoms with Crippen molar-refractivity contribution in [1.29, 1.82) is 0 Å². The first-order valence-corrected chi connectivity index (χ1v) is 5.58. The number of aryl methyl sites for hydroxylation is 2. The molecule has 1 heterocycles. The molecule has 0 aliphatic heterocycles. The van der Waals surface area contributed by atoms with E-state index in [9.17, 15) is 0 Å². The maximum atomic E-state index is 5.71. The summed E-state index contributed by atoms with van der Waals surface area (Å²) in [5.74, 6) is 0. The molecule has 0 spiro atoms. The molecule has 0 saturated heterocycles. The second kappa shape index (κ2) is 4.35. The van der Waals surface area contributed by atoms with Crippen LogP contribution in [0.4, 0.5) is 0 Å². The molecule has 3 nitrogen and oxygen atoms in total. The minimum atomic E-state index is 0.209. The number of aromatic nitrogens is 2. The van der Waals surface area contributed by atoms with Crippen molar-refractivity contribution >= 4 is 0 Å². The van der Waals surface area contributed by atoms with Gasteiger partial charge in [-0.2, -0.15) is 5.10 Å². The molecular formula is C12H23N3. The van der Waals surface area contributed by atoms with Crippen LogP contribution in [-0.2, 0) is 6.54 Å². The topological polar surface area (TPSA) is 43.8 Å². The van der Waals surface area contributed by atoms with Crippen LogP contribution in [0.15, 0.2) is 0 Å². The van der Waals surface area contributed by atoms with E-state index in [-0.39, 0.29) is 5.41 Å². The number of nitrogens with zero attached hydrogens (tertiary/aromatic N) is 2. The highest BCUT2D eigenvalue weighted by molar-refractivity contribution is 5.22. The third kappa shape index (κ3) is 2.81. The Morgan fingerprint density at radius 3 is 2.27 bits per heavy atom. The van der Waals surface area contributed by atoms with Gasteiger partial charge in [0.15, 0.2) is 0 Å². The Morgan fingerprint density at radius 1 is 1.27 bits per heavy atom. The van der Waals surface area contributed by atoms with Gasteiger partial charge >= 0.3 is 0 Å². The highest BCUT2D eigenvalue weighted by Gasteiger charge is 2.16. The van der Waals surface area contributed by atoms with E-state index in [0.29, 0.717) is 0 Å². The Labute approximate surface area is 92.7 Å². The first-order chi connectivity index (χ1) is 6.87. The Morgan fingerprint density at radius 2 is 1.87 bits per heavy atom. The Hall–Kier alpha value is -0.830.